The summed E-state index contributed by atoms with van der Waals surface area (Å²) in [6.07, 6.45) is 3.26. The lowest BCUT2D eigenvalue weighted by Crippen LogP contribution is -1.88. The molecule has 3 rings (SSSR count). The van der Waals surface area contributed by atoms with Crippen LogP contribution < -0.4 is 0 Å². The maximum Gasteiger partial charge on any atom is 0.123 e. The van der Waals surface area contributed by atoms with Crippen molar-refractivity contribution in [2.24, 2.45) is 0 Å². The first kappa shape index (κ1) is 17.2. The van der Waals surface area contributed by atoms with E-state index in [4.69, 9.17) is 5.26 Å². The molecule has 0 aromatic heterocycles. The Morgan fingerprint density at radius 2 is 1.80 bits per heavy atom. The summed E-state index contributed by atoms with van der Waals surface area (Å²) in [5.41, 5.74) is 7.79. The third kappa shape index (κ3) is 3.42. The minimum atomic E-state index is -0.233. The third-order valence-corrected chi connectivity index (χ3v) is 4.85. The lowest BCUT2D eigenvalue weighted by molar-refractivity contribution is 0.627. The van der Waals surface area contributed by atoms with Crippen LogP contribution in [0.1, 0.15) is 61.8 Å². The fraction of sp³-hybridized carbons (Fsp3) is 0.261. The van der Waals surface area contributed by atoms with Gasteiger partial charge in [0.1, 0.15) is 5.82 Å². The molecule has 1 aliphatic carbocycles. The number of fused-ring (bicyclic) bond motifs is 1. The summed E-state index contributed by atoms with van der Waals surface area (Å²) in [5, 5.41) is 8.93. The highest BCUT2D eigenvalue weighted by molar-refractivity contribution is 6.05. The van der Waals surface area contributed by atoms with Gasteiger partial charge < -0.3 is 0 Å². The summed E-state index contributed by atoms with van der Waals surface area (Å²) in [6.45, 7) is 6.44. The van der Waals surface area contributed by atoms with Crippen molar-refractivity contribution in [1.29, 1.82) is 5.26 Å². The molecule has 0 saturated heterocycles. The Kier molecular flexibility index (Phi) is 4.86. The average Bonchev–Trinajstić information content (AvgIpc) is 2.84. The second-order valence-electron chi connectivity index (χ2n) is 6.83. The molecule has 0 aliphatic heterocycles. The number of hydrogen-bond acceptors (Lipinski definition) is 1. The predicted molar refractivity (Wildman–Crippen MR) is 102 cm³/mol. The zero-order valence-corrected chi connectivity index (χ0v) is 14.9. The van der Waals surface area contributed by atoms with Gasteiger partial charge in [-0.2, -0.15) is 5.26 Å². The van der Waals surface area contributed by atoms with Crippen molar-refractivity contribution < 1.29 is 4.39 Å². The summed E-state index contributed by atoms with van der Waals surface area (Å²) < 4.78 is 13.8. The second-order valence-corrected chi connectivity index (χ2v) is 6.83. The van der Waals surface area contributed by atoms with Gasteiger partial charge in [0.05, 0.1) is 6.07 Å². The maximum absolute atomic E-state index is 13.8. The van der Waals surface area contributed by atoms with Gasteiger partial charge >= 0.3 is 0 Å². The molecule has 0 fully saturated rings. The van der Waals surface area contributed by atoms with Crippen LogP contribution in [-0.2, 0) is 0 Å². The molecule has 0 N–H and O–H groups in total. The molecular weight excluding hydrogens is 309 g/mol. The molecule has 126 valence electrons. The molecule has 0 bridgehead atoms. The molecule has 1 nitrogen and oxygen atoms in total. The van der Waals surface area contributed by atoms with Gasteiger partial charge in [0, 0.05) is 6.42 Å². The van der Waals surface area contributed by atoms with Gasteiger partial charge in [0.25, 0.3) is 0 Å². The molecule has 0 amide bonds. The Bertz CT molecular complexity index is 893. The molecule has 1 aliphatic rings. The summed E-state index contributed by atoms with van der Waals surface area (Å²) >= 11 is 0. The van der Waals surface area contributed by atoms with Crippen LogP contribution >= 0.6 is 0 Å². The van der Waals surface area contributed by atoms with E-state index in [1.165, 1.54) is 11.6 Å². The first-order valence-corrected chi connectivity index (χ1v) is 8.70. The van der Waals surface area contributed by atoms with Crippen molar-refractivity contribution in [2.75, 3.05) is 0 Å². The van der Waals surface area contributed by atoms with Gasteiger partial charge in [0.15, 0.2) is 0 Å². The fourth-order valence-corrected chi connectivity index (χ4v) is 3.40. The molecular formula is C23H22FN. The quantitative estimate of drug-likeness (QED) is 0.620. The van der Waals surface area contributed by atoms with E-state index in [2.05, 4.69) is 57.2 Å². The van der Waals surface area contributed by atoms with Crippen molar-refractivity contribution in [3.8, 4) is 6.07 Å². The van der Waals surface area contributed by atoms with Crippen molar-refractivity contribution in [1.82, 2.24) is 0 Å². The number of nitriles is 1. The summed E-state index contributed by atoms with van der Waals surface area (Å²) in [7, 11) is 0. The van der Waals surface area contributed by atoms with Gasteiger partial charge in [0.2, 0.25) is 0 Å². The molecule has 0 saturated carbocycles. The largest absolute Gasteiger partial charge is 0.207 e. The highest BCUT2D eigenvalue weighted by Crippen LogP contribution is 2.44. The van der Waals surface area contributed by atoms with E-state index >= 15 is 0 Å². The minimum absolute atomic E-state index is 0.233. The van der Waals surface area contributed by atoms with E-state index in [0.717, 1.165) is 33.4 Å². The van der Waals surface area contributed by atoms with Crippen molar-refractivity contribution in [3.05, 3.63) is 76.1 Å². The van der Waals surface area contributed by atoms with Gasteiger partial charge in [-0.3, -0.25) is 0 Å². The second kappa shape index (κ2) is 7.07. The normalized spacial score (nSPS) is 15.0. The van der Waals surface area contributed by atoms with E-state index in [0.29, 0.717) is 18.8 Å². The van der Waals surface area contributed by atoms with Gasteiger partial charge in [-0.15, -0.1) is 0 Å². The monoisotopic (exact) mass is 331 g/mol. The van der Waals surface area contributed by atoms with Gasteiger partial charge in [-0.25, -0.2) is 4.39 Å². The van der Waals surface area contributed by atoms with Gasteiger partial charge in [-0.1, -0.05) is 44.2 Å². The lowest BCUT2D eigenvalue weighted by atomic mass is 9.98. The Morgan fingerprint density at radius 3 is 2.44 bits per heavy atom. The molecule has 0 spiro atoms. The highest BCUT2D eigenvalue weighted by Gasteiger charge is 2.23. The van der Waals surface area contributed by atoms with Crippen LogP contribution in [-0.4, -0.2) is 0 Å². The van der Waals surface area contributed by atoms with E-state index in [9.17, 15) is 4.39 Å². The summed E-state index contributed by atoms with van der Waals surface area (Å²) in [4.78, 5) is 0. The predicted octanol–water partition coefficient (Wildman–Crippen LogP) is 6.58. The number of rotatable bonds is 4. The molecule has 25 heavy (non-hydrogen) atoms. The summed E-state index contributed by atoms with van der Waals surface area (Å²) in [5.74, 6) is 0.277. The molecule has 2 aromatic rings. The van der Waals surface area contributed by atoms with Crippen LogP contribution in [0.3, 0.4) is 0 Å². The van der Waals surface area contributed by atoms with E-state index in [1.54, 1.807) is 6.07 Å². The summed E-state index contributed by atoms with van der Waals surface area (Å²) in [6, 6.07) is 15.7. The number of allylic oxidation sites excluding steroid dienone is 3. The maximum atomic E-state index is 13.8. The Balaban J connectivity index is 2.06. The molecule has 2 heteroatoms. The molecule has 0 atom stereocenters. The highest BCUT2D eigenvalue weighted by atomic mass is 19.1. The van der Waals surface area contributed by atoms with Crippen LogP contribution in [0, 0.1) is 17.1 Å². The molecule has 0 heterocycles. The van der Waals surface area contributed by atoms with Crippen molar-refractivity contribution in [3.63, 3.8) is 0 Å². The van der Waals surface area contributed by atoms with E-state index < -0.39 is 0 Å². The zero-order valence-electron chi connectivity index (χ0n) is 14.9. The van der Waals surface area contributed by atoms with Crippen LogP contribution in [0.4, 0.5) is 4.39 Å². The number of nitrogens with zero attached hydrogens (tertiary/aromatic N) is 1. The topological polar surface area (TPSA) is 23.8 Å². The van der Waals surface area contributed by atoms with Crippen molar-refractivity contribution >= 4 is 17.2 Å². The fourth-order valence-electron chi connectivity index (χ4n) is 3.40. The third-order valence-electron chi connectivity index (χ3n) is 4.85. The molecule has 2 aromatic carbocycles. The van der Waals surface area contributed by atoms with Gasteiger partial charge in [-0.05, 0) is 76.4 Å². The van der Waals surface area contributed by atoms with E-state index in [-0.39, 0.29) is 5.82 Å². The number of halogens is 1. The number of benzene rings is 2. The first-order valence-electron chi connectivity index (χ1n) is 8.70. The van der Waals surface area contributed by atoms with Crippen LogP contribution in [0.5, 0.6) is 0 Å². The lowest BCUT2D eigenvalue weighted by Gasteiger charge is -2.07. The SMILES string of the molecule is CC1=C(CCC#N)c2cc(F)ccc2/C1=C\c1ccc(C(C)C)cc1. The minimum Gasteiger partial charge on any atom is -0.207 e. The molecule has 0 unspecified atom stereocenters. The van der Waals surface area contributed by atoms with E-state index in [1.807, 2.05) is 6.07 Å². The number of hydrogen-bond donors (Lipinski definition) is 0. The first-order chi connectivity index (χ1) is 12.0. The Labute approximate surface area is 149 Å². The van der Waals surface area contributed by atoms with Crippen LogP contribution in [0.2, 0.25) is 0 Å². The van der Waals surface area contributed by atoms with Crippen molar-refractivity contribution in [2.45, 2.75) is 39.5 Å². The average molecular weight is 331 g/mol. The Morgan fingerprint density at radius 1 is 1.08 bits per heavy atom. The van der Waals surface area contributed by atoms with Crippen LogP contribution in [0.25, 0.3) is 17.2 Å². The molecule has 0 radical (unpaired) electrons. The zero-order chi connectivity index (χ0) is 18.0. The Hall–Kier alpha value is -2.66. The van der Waals surface area contributed by atoms with Crippen LogP contribution in [0.15, 0.2) is 48.0 Å². The smallest absolute Gasteiger partial charge is 0.123 e. The standard InChI is InChI=1S/C23H22FN/c1-15(2)18-8-6-17(7-9-18)13-22-16(3)20(5-4-12-25)23-14-19(24)10-11-21(22)23/h6-11,13-15H,4-5H2,1-3H3/b22-13-.